The first-order chi connectivity index (χ1) is 9.58. The van der Waals surface area contributed by atoms with Crippen LogP contribution in [0.5, 0.6) is 0 Å². The maximum absolute atomic E-state index is 13.7. The Morgan fingerprint density at radius 3 is 2.95 bits per heavy atom. The number of hydrogen-bond donors (Lipinski definition) is 2. The average molecular weight is 285 g/mol. The van der Waals surface area contributed by atoms with E-state index in [1.807, 2.05) is 6.92 Å². The van der Waals surface area contributed by atoms with Crippen LogP contribution < -0.4 is 15.5 Å². The Morgan fingerprint density at radius 1 is 1.55 bits per heavy atom. The lowest BCUT2D eigenvalue weighted by atomic mass is 10.4. The van der Waals surface area contributed by atoms with E-state index >= 15 is 0 Å². The molecule has 8 heteroatoms. The van der Waals surface area contributed by atoms with Gasteiger partial charge in [-0.1, -0.05) is 0 Å². The van der Waals surface area contributed by atoms with Crippen molar-refractivity contribution in [2.45, 2.75) is 6.92 Å². The Balaban J connectivity index is 2.63. The molecule has 1 aromatic rings. The molecule has 0 aliphatic rings. The maximum Gasteiger partial charge on any atom is 0.239 e. The molecule has 7 nitrogen and oxygen atoms in total. The van der Waals surface area contributed by atoms with E-state index < -0.39 is 5.82 Å². The van der Waals surface area contributed by atoms with Crippen molar-refractivity contribution in [3.63, 3.8) is 0 Å². The normalized spacial score (nSPS) is 10.2. The average Bonchev–Trinajstić information content (AvgIpc) is 2.41. The van der Waals surface area contributed by atoms with Crippen molar-refractivity contribution in [3.8, 4) is 0 Å². The first-order valence-electron chi connectivity index (χ1n) is 6.31. The molecule has 112 valence electrons. The van der Waals surface area contributed by atoms with Crippen LogP contribution in [-0.2, 0) is 9.53 Å². The molecule has 0 bridgehead atoms. The minimum Gasteiger partial charge on any atom is -0.383 e. The lowest BCUT2D eigenvalue weighted by Crippen LogP contribution is -2.37. The summed E-state index contributed by atoms with van der Waals surface area (Å²) in [5, 5.41) is 5.55. The van der Waals surface area contributed by atoms with Gasteiger partial charge >= 0.3 is 0 Å². The number of amides is 1. The molecule has 0 spiro atoms. The number of likely N-dealkylation sites (N-methyl/N-ethyl adjacent to an activating group) is 1. The number of halogens is 1. The van der Waals surface area contributed by atoms with E-state index in [1.54, 1.807) is 14.2 Å². The molecule has 0 saturated heterocycles. The zero-order chi connectivity index (χ0) is 15.0. The number of nitrogens with zero attached hydrogens (tertiary/aromatic N) is 3. The summed E-state index contributed by atoms with van der Waals surface area (Å²) in [6, 6.07) is 0. The molecule has 0 atom stereocenters. The van der Waals surface area contributed by atoms with Gasteiger partial charge in [-0.2, -0.15) is 4.98 Å². The summed E-state index contributed by atoms with van der Waals surface area (Å²) in [6.07, 6.45) is 1.08. The molecule has 0 fully saturated rings. The van der Waals surface area contributed by atoms with Gasteiger partial charge in [0.05, 0.1) is 19.3 Å². The summed E-state index contributed by atoms with van der Waals surface area (Å²) in [6.45, 7) is 3.37. The van der Waals surface area contributed by atoms with E-state index in [4.69, 9.17) is 4.74 Å². The number of hydrogen-bond acceptors (Lipinski definition) is 6. The molecule has 1 aromatic heterocycles. The monoisotopic (exact) mass is 285 g/mol. The number of ether oxygens (including phenoxy) is 1. The highest BCUT2D eigenvalue weighted by Crippen LogP contribution is 2.15. The second-order valence-electron chi connectivity index (χ2n) is 4.09. The summed E-state index contributed by atoms with van der Waals surface area (Å²) < 4.78 is 18.5. The van der Waals surface area contributed by atoms with Crippen molar-refractivity contribution in [2.24, 2.45) is 0 Å². The molecule has 1 amide bonds. The Labute approximate surface area is 117 Å². The number of rotatable bonds is 8. The zero-order valence-electron chi connectivity index (χ0n) is 11.9. The summed E-state index contributed by atoms with van der Waals surface area (Å²) in [7, 11) is 3.15. The second kappa shape index (κ2) is 8.26. The third kappa shape index (κ3) is 4.96. The summed E-state index contributed by atoms with van der Waals surface area (Å²) >= 11 is 0. The van der Waals surface area contributed by atoms with Gasteiger partial charge in [0.25, 0.3) is 0 Å². The lowest BCUT2D eigenvalue weighted by Gasteiger charge is -2.18. The van der Waals surface area contributed by atoms with Crippen molar-refractivity contribution in [1.82, 2.24) is 15.3 Å². The highest BCUT2D eigenvalue weighted by atomic mass is 19.1. The van der Waals surface area contributed by atoms with Gasteiger partial charge in [-0.05, 0) is 6.92 Å². The van der Waals surface area contributed by atoms with E-state index in [9.17, 15) is 9.18 Å². The van der Waals surface area contributed by atoms with Gasteiger partial charge in [0.15, 0.2) is 11.6 Å². The van der Waals surface area contributed by atoms with Crippen molar-refractivity contribution < 1.29 is 13.9 Å². The molecular formula is C12H20FN5O2. The van der Waals surface area contributed by atoms with E-state index in [-0.39, 0.29) is 18.3 Å². The Hall–Kier alpha value is -1.96. The molecular weight excluding hydrogens is 265 g/mol. The molecule has 0 aliphatic carbocycles. The Bertz CT molecular complexity index is 444. The van der Waals surface area contributed by atoms with E-state index in [0.29, 0.717) is 25.6 Å². The number of methoxy groups -OCH3 is 1. The van der Waals surface area contributed by atoms with Crippen LogP contribution in [0.4, 0.5) is 16.2 Å². The van der Waals surface area contributed by atoms with Gasteiger partial charge in [0, 0.05) is 27.2 Å². The molecule has 2 N–H and O–H groups in total. The lowest BCUT2D eigenvalue weighted by molar-refractivity contribution is -0.119. The number of carbonyl (C=O) groups is 1. The van der Waals surface area contributed by atoms with Crippen LogP contribution >= 0.6 is 0 Å². The van der Waals surface area contributed by atoms with Crippen molar-refractivity contribution in [3.05, 3.63) is 12.0 Å². The maximum atomic E-state index is 13.7. The van der Waals surface area contributed by atoms with Crippen LogP contribution in [0.15, 0.2) is 6.20 Å². The number of anilines is 2. The number of nitrogens with one attached hydrogen (secondary N) is 2. The third-order valence-electron chi connectivity index (χ3n) is 2.43. The molecule has 0 aromatic carbocycles. The van der Waals surface area contributed by atoms with Crippen LogP contribution in [0.25, 0.3) is 0 Å². The first kappa shape index (κ1) is 16.1. The van der Waals surface area contributed by atoms with Gasteiger partial charge in [-0.15, -0.1) is 0 Å². The van der Waals surface area contributed by atoms with Gasteiger partial charge in [-0.25, -0.2) is 9.37 Å². The van der Waals surface area contributed by atoms with Crippen LogP contribution in [-0.4, -0.2) is 56.3 Å². The summed E-state index contributed by atoms with van der Waals surface area (Å²) in [5.41, 5.74) is 0. The molecule has 0 aliphatic heterocycles. The standard InChI is InChI=1S/C12H20FN5O2/c1-4-14-12-16-7-9(13)11(17-12)18(2)8-10(19)15-5-6-20-3/h7H,4-6,8H2,1-3H3,(H,15,19)(H,14,16,17). The highest BCUT2D eigenvalue weighted by molar-refractivity contribution is 5.80. The number of aromatic nitrogens is 2. The van der Waals surface area contributed by atoms with Crippen LogP contribution in [0, 0.1) is 5.82 Å². The SMILES string of the molecule is CCNc1ncc(F)c(N(C)CC(=O)NCCOC)n1. The van der Waals surface area contributed by atoms with E-state index in [0.717, 1.165) is 6.20 Å². The van der Waals surface area contributed by atoms with Crippen LogP contribution in [0.2, 0.25) is 0 Å². The first-order valence-corrected chi connectivity index (χ1v) is 6.31. The highest BCUT2D eigenvalue weighted by Gasteiger charge is 2.14. The minimum atomic E-state index is -0.571. The Kier molecular flexibility index (Phi) is 6.65. The zero-order valence-corrected chi connectivity index (χ0v) is 11.9. The fraction of sp³-hybridized carbons (Fsp3) is 0.583. The molecule has 1 rings (SSSR count). The van der Waals surface area contributed by atoms with Crippen LogP contribution in [0.1, 0.15) is 6.92 Å². The predicted octanol–water partition coefficient (Wildman–Crippen LogP) is 0.246. The molecule has 0 unspecified atom stereocenters. The van der Waals surface area contributed by atoms with Crippen molar-refractivity contribution >= 4 is 17.7 Å². The van der Waals surface area contributed by atoms with E-state index in [1.165, 1.54) is 4.90 Å². The summed E-state index contributed by atoms with van der Waals surface area (Å²) in [4.78, 5) is 20.9. The molecule has 0 radical (unpaired) electrons. The molecule has 20 heavy (non-hydrogen) atoms. The van der Waals surface area contributed by atoms with Gasteiger partial charge < -0.3 is 20.3 Å². The largest absolute Gasteiger partial charge is 0.383 e. The fourth-order valence-corrected chi connectivity index (χ4v) is 1.51. The quantitative estimate of drug-likeness (QED) is 0.666. The molecule has 1 heterocycles. The third-order valence-corrected chi connectivity index (χ3v) is 2.43. The minimum absolute atomic E-state index is 0.00319. The van der Waals surface area contributed by atoms with Gasteiger partial charge in [0.2, 0.25) is 11.9 Å². The summed E-state index contributed by atoms with van der Waals surface area (Å²) in [5.74, 6) is -0.389. The fourth-order valence-electron chi connectivity index (χ4n) is 1.51. The van der Waals surface area contributed by atoms with E-state index in [2.05, 4.69) is 20.6 Å². The van der Waals surface area contributed by atoms with Gasteiger partial charge in [0.1, 0.15) is 0 Å². The van der Waals surface area contributed by atoms with Crippen LogP contribution in [0.3, 0.4) is 0 Å². The smallest absolute Gasteiger partial charge is 0.239 e. The number of carbonyl (C=O) groups excluding carboxylic acids is 1. The van der Waals surface area contributed by atoms with Crippen molar-refractivity contribution in [2.75, 3.05) is 50.6 Å². The molecule has 0 saturated carbocycles. The Morgan fingerprint density at radius 2 is 2.30 bits per heavy atom. The topological polar surface area (TPSA) is 79.4 Å². The van der Waals surface area contributed by atoms with Crippen molar-refractivity contribution in [1.29, 1.82) is 0 Å². The predicted molar refractivity (Wildman–Crippen MR) is 74.3 cm³/mol. The van der Waals surface area contributed by atoms with Gasteiger partial charge in [-0.3, -0.25) is 4.79 Å². The second-order valence-corrected chi connectivity index (χ2v) is 4.09.